The Morgan fingerprint density at radius 1 is 1.64 bits per heavy atom. The van der Waals surface area contributed by atoms with Crippen molar-refractivity contribution in [2.75, 3.05) is 7.11 Å². The van der Waals surface area contributed by atoms with Gasteiger partial charge in [-0.2, -0.15) is 0 Å². The van der Waals surface area contributed by atoms with Gasteiger partial charge in [0, 0.05) is 10.6 Å². The predicted octanol–water partition coefficient (Wildman–Crippen LogP) is 2.04. The van der Waals surface area contributed by atoms with Crippen LogP contribution < -0.4 is 16.0 Å². The third kappa shape index (κ3) is 2.26. The summed E-state index contributed by atoms with van der Waals surface area (Å²) < 4.78 is 5.18. The monoisotopic (exact) mass is 212 g/mol. The Hall–Kier alpha value is -1.03. The number of hydrogen-bond acceptors (Lipinski definition) is 3. The van der Waals surface area contributed by atoms with Gasteiger partial charge in [-0.25, -0.2) is 5.43 Å². The lowest BCUT2D eigenvalue weighted by atomic mass is 10.1. The molecule has 4 heteroatoms. The van der Waals surface area contributed by atoms with Crippen molar-refractivity contribution >= 4 is 11.6 Å². The summed E-state index contributed by atoms with van der Waals surface area (Å²) in [7, 11) is 1.59. The second kappa shape index (κ2) is 5.00. The molecule has 3 nitrogen and oxygen atoms in total. The minimum atomic E-state index is -0.137. The van der Waals surface area contributed by atoms with E-state index in [-0.39, 0.29) is 6.04 Å². The highest BCUT2D eigenvalue weighted by molar-refractivity contribution is 6.30. The van der Waals surface area contributed by atoms with Crippen molar-refractivity contribution in [2.24, 2.45) is 5.84 Å². The zero-order valence-electron chi connectivity index (χ0n) is 7.96. The first-order valence-electron chi connectivity index (χ1n) is 4.15. The van der Waals surface area contributed by atoms with Crippen LogP contribution in [-0.2, 0) is 0 Å². The molecule has 0 spiro atoms. The number of halogens is 1. The van der Waals surface area contributed by atoms with E-state index >= 15 is 0 Å². The summed E-state index contributed by atoms with van der Waals surface area (Å²) in [4.78, 5) is 0. The van der Waals surface area contributed by atoms with Crippen LogP contribution in [0, 0.1) is 0 Å². The van der Waals surface area contributed by atoms with Gasteiger partial charge >= 0.3 is 0 Å². The van der Waals surface area contributed by atoms with Crippen molar-refractivity contribution in [3.05, 3.63) is 41.4 Å². The van der Waals surface area contributed by atoms with E-state index in [0.717, 1.165) is 5.56 Å². The molecule has 0 aliphatic rings. The number of ether oxygens (including phenoxy) is 1. The Labute approximate surface area is 88.5 Å². The maximum atomic E-state index is 5.83. The van der Waals surface area contributed by atoms with Crippen molar-refractivity contribution < 1.29 is 4.74 Å². The molecule has 0 aromatic heterocycles. The van der Waals surface area contributed by atoms with Crippen molar-refractivity contribution in [3.63, 3.8) is 0 Å². The Bertz CT molecular complexity index is 328. The predicted molar refractivity (Wildman–Crippen MR) is 58.3 cm³/mol. The number of hydrazine groups is 1. The summed E-state index contributed by atoms with van der Waals surface area (Å²) in [6, 6.07) is 5.24. The molecule has 0 aliphatic carbocycles. The molecule has 1 aromatic carbocycles. The Morgan fingerprint density at radius 2 is 2.36 bits per heavy atom. The fourth-order valence-electron chi connectivity index (χ4n) is 1.23. The molecule has 0 saturated heterocycles. The number of nitrogens with one attached hydrogen (secondary N) is 1. The first-order valence-corrected chi connectivity index (χ1v) is 4.52. The van der Waals surface area contributed by atoms with Gasteiger partial charge < -0.3 is 4.74 Å². The molecule has 1 aromatic rings. The van der Waals surface area contributed by atoms with E-state index in [1.165, 1.54) is 0 Å². The van der Waals surface area contributed by atoms with E-state index in [9.17, 15) is 0 Å². The molecule has 1 atom stereocenters. The third-order valence-corrected chi connectivity index (χ3v) is 2.18. The van der Waals surface area contributed by atoms with Crippen LogP contribution in [0.15, 0.2) is 30.9 Å². The maximum Gasteiger partial charge on any atom is 0.125 e. The number of hydrogen-bond donors (Lipinski definition) is 2. The van der Waals surface area contributed by atoms with Crippen molar-refractivity contribution in [1.29, 1.82) is 0 Å². The molecule has 0 saturated carbocycles. The first kappa shape index (κ1) is 11.0. The van der Waals surface area contributed by atoms with Crippen LogP contribution in [0.4, 0.5) is 0 Å². The lowest BCUT2D eigenvalue weighted by Crippen LogP contribution is -2.26. The van der Waals surface area contributed by atoms with Crippen LogP contribution in [-0.4, -0.2) is 7.11 Å². The minimum Gasteiger partial charge on any atom is -0.496 e. The topological polar surface area (TPSA) is 47.3 Å². The largest absolute Gasteiger partial charge is 0.496 e. The molecule has 0 aliphatic heterocycles. The van der Waals surface area contributed by atoms with Gasteiger partial charge in [-0.15, -0.1) is 6.58 Å². The molecular formula is C10H13ClN2O. The maximum absolute atomic E-state index is 5.83. The zero-order chi connectivity index (χ0) is 10.6. The highest BCUT2D eigenvalue weighted by atomic mass is 35.5. The molecular weight excluding hydrogens is 200 g/mol. The number of rotatable bonds is 4. The van der Waals surface area contributed by atoms with Crippen LogP contribution in [0.3, 0.4) is 0 Å². The lowest BCUT2D eigenvalue weighted by molar-refractivity contribution is 0.405. The summed E-state index contributed by atoms with van der Waals surface area (Å²) in [5, 5.41) is 0.630. The number of nitrogens with two attached hydrogens (primary N) is 1. The van der Waals surface area contributed by atoms with E-state index < -0.39 is 0 Å². The summed E-state index contributed by atoms with van der Waals surface area (Å²) in [5.74, 6) is 6.06. The SMILES string of the molecule is C=CC(NN)c1ccc(Cl)cc1OC. The summed E-state index contributed by atoms with van der Waals surface area (Å²) in [5.41, 5.74) is 3.53. The molecule has 76 valence electrons. The van der Waals surface area contributed by atoms with Gasteiger partial charge in [0.25, 0.3) is 0 Å². The van der Waals surface area contributed by atoms with Gasteiger partial charge in [-0.05, 0) is 12.1 Å². The molecule has 0 fully saturated rings. The van der Waals surface area contributed by atoms with Crippen LogP contribution in [0.5, 0.6) is 5.75 Å². The van der Waals surface area contributed by atoms with Crippen molar-refractivity contribution in [1.82, 2.24) is 5.43 Å². The second-order valence-corrected chi connectivity index (χ2v) is 3.20. The molecule has 0 amide bonds. The normalized spacial score (nSPS) is 12.2. The molecule has 1 unspecified atom stereocenters. The van der Waals surface area contributed by atoms with Crippen molar-refractivity contribution in [2.45, 2.75) is 6.04 Å². The van der Waals surface area contributed by atoms with Crippen LogP contribution in [0.1, 0.15) is 11.6 Å². The number of methoxy groups -OCH3 is 1. The minimum absolute atomic E-state index is 0.137. The van der Waals surface area contributed by atoms with E-state index in [1.54, 1.807) is 25.3 Å². The quantitative estimate of drug-likeness (QED) is 0.456. The lowest BCUT2D eigenvalue weighted by Gasteiger charge is -2.15. The molecule has 3 N–H and O–H groups in total. The molecule has 0 heterocycles. The number of benzene rings is 1. The van der Waals surface area contributed by atoms with E-state index in [0.29, 0.717) is 10.8 Å². The average molecular weight is 213 g/mol. The van der Waals surface area contributed by atoms with E-state index in [4.69, 9.17) is 22.2 Å². The van der Waals surface area contributed by atoms with E-state index in [1.807, 2.05) is 6.07 Å². The summed E-state index contributed by atoms with van der Waals surface area (Å²) >= 11 is 5.83. The average Bonchev–Trinajstić information content (AvgIpc) is 2.21. The van der Waals surface area contributed by atoms with Crippen LogP contribution >= 0.6 is 11.6 Å². The van der Waals surface area contributed by atoms with Gasteiger partial charge in [-0.3, -0.25) is 5.84 Å². The Balaban J connectivity index is 3.12. The van der Waals surface area contributed by atoms with Crippen molar-refractivity contribution in [3.8, 4) is 5.75 Å². The Kier molecular flexibility index (Phi) is 3.95. The highest BCUT2D eigenvalue weighted by Gasteiger charge is 2.11. The summed E-state index contributed by atoms with van der Waals surface area (Å²) in [6.45, 7) is 3.68. The second-order valence-electron chi connectivity index (χ2n) is 2.77. The Morgan fingerprint density at radius 3 is 2.86 bits per heavy atom. The van der Waals surface area contributed by atoms with Gasteiger partial charge in [0.05, 0.1) is 13.2 Å². The smallest absolute Gasteiger partial charge is 0.125 e. The molecule has 14 heavy (non-hydrogen) atoms. The van der Waals surface area contributed by atoms with Crippen LogP contribution in [0.25, 0.3) is 0 Å². The van der Waals surface area contributed by atoms with Crippen LogP contribution in [0.2, 0.25) is 5.02 Å². The molecule has 0 radical (unpaired) electrons. The highest BCUT2D eigenvalue weighted by Crippen LogP contribution is 2.28. The van der Waals surface area contributed by atoms with Gasteiger partial charge in [-0.1, -0.05) is 23.7 Å². The molecule has 1 rings (SSSR count). The fraction of sp³-hybridized carbons (Fsp3) is 0.200. The van der Waals surface area contributed by atoms with Gasteiger partial charge in [0.1, 0.15) is 5.75 Å². The third-order valence-electron chi connectivity index (χ3n) is 1.95. The zero-order valence-corrected chi connectivity index (χ0v) is 8.71. The fourth-order valence-corrected chi connectivity index (χ4v) is 1.39. The van der Waals surface area contributed by atoms with Gasteiger partial charge in [0.15, 0.2) is 0 Å². The van der Waals surface area contributed by atoms with E-state index in [2.05, 4.69) is 12.0 Å². The summed E-state index contributed by atoms with van der Waals surface area (Å²) in [6.07, 6.45) is 1.70. The standard InChI is InChI=1S/C10H13ClN2O/c1-3-9(13-12)8-5-4-7(11)6-10(8)14-2/h3-6,9,13H,1,12H2,2H3. The first-order chi connectivity index (χ1) is 6.72. The molecule has 0 bridgehead atoms. The van der Waals surface area contributed by atoms with Gasteiger partial charge in [0.2, 0.25) is 0 Å².